The molecule has 0 aliphatic carbocycles. The van der Waals surface area contributed by atoms with E-state index in [2.05, 4.69) is 15.1 Å². The van der Waals surface area contributed by atoms with Crippen LogP contribution in [0.25, 0.3) is 4.96 Å². The number of hydrogen-bond donors (Lipinski definition) is 0. The molecule has 1 saturated heterocycles. The maximum atomic E-state index is 12.7. The van der Waals surface area contributed by atoms with Crippen molar-refractivity contribution in [2.75, 3.05) is 26.8 Å². The van der Waals surface area contributed by atoms with E-state index in [1.165, 1.54) is 11.3 Å². The maximum absolute atomic E-state index is 12.7. The van der Waals surface area contributed by atoms with Crippen molar-refractivity contribution in [3.8, 4) is 0 Å². The second kappa shape index (κ2) is 6.90. The highest BCUT2D eigenvalue weighted by atomic mass is 32.1. The fourth-order valence-electron chi connectivity index (χ4n) is 2.78. The van der Waals surface area contributed by atoms with E-state index >= 15 is 0 Å². The molecule has 0 bridgehead atoms. The van der Waals surface area contributed by atoms with Gasteiger partial charge in [0.05, 0.1) is 19.1 Å². The number of amides is 1. The highest BCUT2D eigenvalue weighted by Gasteiger charge is 2.28. The van der Waals surface area contributed by atoms with E-state index in [1.54, 1.807) is 18.2 Å². The van der Waals surface area contributed by atoms with Gasteiger partial charge in [0.2, 0.25) is 5.89 Å². The number of carbonyl (C=O) groups is 1. The average molecular weight is 363 g/mol. The SMILES string of the molecule is COCc1noc(C[C@H]2CN(C(=O)c3cn4ccsc4n3)CCO2)n1. The molecule has 1 atom stereocenters. The number of carbonyl (C=O) groups excluding carboxylic acids is 1. The number of aromatic nitrogens is 4. The fourth-order valence-corrected chi connectivity index (χ4v) is 3.48. The molecule has 3 aromatic rings. The van der Waals surface area contributed by atoms with Crippen LogP contribution in [0.15, 0.2) is 22.3 Å². The van der Waals surface area contributed by atoms with Crippen LogP contribution in [0.4, 0.5) is 0 Å². The summed E-state index contributed by atoms with van der Waals surface area (Å²) in [6.45, 7) is 1.78. The molecule has 1 fully saturated rings. The van der Waals surface area contributed by atoms with E-state index in [9.17, 15) is 4.79 Å². The zero-order valence-corrected chi connectivity index (χ0v) is 14.4. The third kappa shape index (κ3) is 3.41. The van der Waals surface area contributed by atoms with Gasteiger partial charge in [0.25, 0.3) is 5.91 Å². The quantitative estimate of drug-likeness (QED) is 0.667. The molecule has 0 aromatic carbocycles. The van der Waals surface area contributed by atoms with Gasteiger partial charge in [-0.15, -0.1) is 11.3 Å². The first-order valence-corrected chi connectivity index (χ1v) is 8.74. The Hall–Kier alpha value is -2.30. The number of fused-ring (bicyclic) bond motifs is 1. The van der Waals surface area contributed by atoms with E-state index in [-0.39, 0.29) is 12.0 Å². The lowest BCUT2D eigenvalue weighted by atomic mass is 10.2. The van der Waals surface area contributed by atoms with Gasteiger partial charge in [0.1, 0.15) is 12.3 Å². The monoisotopic (exact) mass is 363 g/mol. The molecule has 3 aromatic heterocycles. The predicted molar refractivity (Wildman–Crippen MR) is 87.4 cm³/mol. The number of hydrogen-bond acceptors (Lipinski definition) is 8. The van der Waals surface area contributed by atoms with Crippen LogP contribution in [-0.2, 0) is 22.5 Å². The number of ether oxygens (including phenoxy) is 2. The van der Waals surface area contributed by atoms with Gasteiger partial charge in [-0.3, -0.25) is 9.20 Å². The standard InChI is InChI=1S/C15H17N5O4S/c1-22-9-12-17-13(24-18-12)6-10-7-19(2-4-23-10)14(21)11-8-20-3-5-25-15(20)16-11/h3,5,8,10H,2,4,6-7,9H2,1H3/t10-/m0/s1. The number of imidazole rings is 1. The van der Waals surface area contributed by atoms with E-state index in [1.807, 2.05) is 16.0 Å². The van der Waals surface area contributed by atoms with Crippen LogP contribution < -0.4 is 0 Å². The highest BCUT2D eigenvalue weighted by molar-refractivity contribution is 7.15. The van der Waals surface area contributed by atoms with Crippen molar-refractivity contribution in [3.05, 3.63) is 35.2 Å². The molecule has 0 saturated carbocycles. The molecular weight excluding hydrogens is 346 g/mol. The van der Waals surface area contributed by atoms with E-state index < -0.39 is 0 Å². The molecular formula is C15H17N5O4S. The second-order valence-electron chi connectivity index (χ2n) is 5.70. The minimum absolute atomic E-state index is 0.0881. The molecule has 132 valence electrons. The summed E-state index contributed by atoms with van der Waals surface area (Å²) >= 11 is 1.50. The van der Waals surface area contributed by atoms with Crippen molar-refractivity contribution in [1.29, 1.82) is 0 Å². The summed E-state index contributed by atoms with van der Waals surface area (Å²) < 4.78 is 17.7. The van der Waals surface area contributed by atoms with Crippen molar-refractivity contribution < 1.29 is 18.8 Å². The Labute approximate surface area is 147 Å². The van der Waals surface area contributed by atoms with Crippen LogP contribution in [-0.4, -0.2) is 63.2 Å². The van der Waals surface area contributed by atoms with E-state index in [0.29, 0.717) is 50.1 Å². The average Bonchev–Trinajstić information content (AvgIpc) is 3.31. The Morgan fingerprint density at radius 2 is 2.40 bits per heavy atom. The van der Waals surface area contributed by atoms with Gasteiger partial charge >= 0.3 is 0 Å². The van der Waals surface area contributed by atoms with Crippen LogP contribution in [0.2, 0.25) is 0 Å². The zero-order chi connectivity index (χ0) is 17.2. The summed E-state index contributed by atoms with van der Waals surface area (Å²) in [4.78, 5) is 23.9. The third-order valence-corrected chi connectivity index (χ3v) is 4.69. The first kappa shape index (κ1) is 16.2. The molecule has 4 heterocycles. The normalized spacial score (nSPS) is 18.1. The van der Waals surface area contributed by atoms with Crippen molar-refractivity contribution in [2.24, 2.45) is 0 Å². The highest BCUT2D eigenvalue weighted by Crippen LogP contribution is 2.16. The summed E-state index contributed by atoms with van der Waals surface area (Å²) in [5, 5.41) is 5.77. The third-order valence-electron chi connectivity index (χ3n) is 3.92. The van der Waals surface area contributed by atoms with Gasteiger partial charge in [-0.1, -0.05) is 5.16 Å². The first-order chi connectivity index (χ1) is 12.2. The van der Waals surface area contributed by atoms with Crippen LogP contribution in [0.5, 0.6) is 0 Å². The first-order valence-electron chi connectivity index (χ1n) is 7.86. The summed E-state index contributed by atoms with van der Waals surface area (Å²) in [6, 6.07) is 0. The molecule has 4 rings (SSSR count). The minimum Gasteiger partial charge on any atom is -0.377 e. The topological polar surface area (TPSA) is 95.0 Å². The predicted octanol–water partition coefficient (Wildman–Crippen LogP) is 1.01. The molecule has 10 heteroatoms. The fraction of sp³-hybridized carbons (Fsp3) is 0.467. The Morgan fingerprint density at radius 3 is 3.24 bits per heavy atom. The molecule has 0 N–H and O–H groups in total. The van der Waals surface area contributed by atoms with E-state index in [4.69, 9.17) is 14.0 Å². The largest absolute Gasteiger partial charge is 0.377 e. The lowest BCUT2D eigenvalue weighted by molar-refractivity contribution is -0.0239. The van der Waals surface area contributed by atoms with Crippen molar-refractivity contribution in [2.45, 2.75) is 19.1 Å². The van der Waals surface area contributed by atoms with Crippen molar-refractivity contribution in [3.63, 3.8) is 0 Å². The molecule has 0 radical (unpaired) electrons. The summed E-state index contributed by atoms with van der Waals surface area (Å²) in [6.07, 6.45) is 3.92. The smallest absolute Gasteiger partial charge is 0.274 e. The zero-order valence-electron chi connectivity index (χ0n) is 13.6. The van der Waals surface area contributed by atoms with Crippen LogP contribution in [0.1, 0.15) is 22.2 Å². The van der Waals surface area contributed by atoms with Gasteiger partial charge in [-0.2, -0.15) is 4.98 Å². The summed E-state index contributed by atoms with van der Waals surface area (Å²) in [5.41, 5.74) is 0.452. The molecule has 0 unspecified atom stereocenters. The van der Waals surface area contributed by atoms with Crippen molar-refractivity contribution in [1.82, 2.24) is 24.4 Å². The second-order valence-corrected chi connectivity index (χ2v) is 6.58. The van der Waals surface area contributed by atoms with Gasteiger partial charge in [-0.05, 0) is 0 Å². The number of thiazole rings is 1. The molecule has 1 amide bonds. The Morgan fingerprint density at radius 1 is 1.48 bits per heavy atom. The number of morpholine rings is 1. The number of nitrogens with zero attached hydrogens (tertiary/aromatic N) is 5. The summed E-state index contributed by atoms with van der Waals surface area (Å²) in [5.74, 6) is 0.892. The maximum Gasteiger partial charge on any atom is 0.274 e. The molecule has 1 aliphatic heterocycles. The van der Waals surface area contributed by atoms with Crippen LogP contribution in [0.3, 0.4) is 0 Å². The molecule has 1 aliphatic rings. The van der Waals surface area contributed by atoms with Gasteiger partial charge in [0, 0.05) is 38.0 Å². The lowest BCUT2D eigenvalue weighted by Gasteiger charge is -2.31. The van der Waals surface area contributed by atoms with Crippen LogP contribution >= 0.6 is 11.3 Å². The van der Waals surface area contributed by atoms with Gasteiger partial charge < -0.3 is 18.9 Å². The van der Waals surface area contributed by atoms with Crippen LogP contribution in [0, 0.1) is 0 Å². The Kier molecular flexibility index (Phi) is 4.47. The summed E-state index contributed by atoms with van der Waals surface area (Å²) in [7, 11) is 1.57. The van der Waals surface area contributed by atoms with Gasteiger partial charge in [0.15, 0.2) is 10.8 Å². The Balaban J connectivity index is 1.41. The van der Waals surface area contributed by atoms with Gasteiger partial charge in [-0.25, -0.2) is 4.98 Å². The number of rotatable bonds is 5. The Bertz CT molecular complexity index is 844. The minimum atomic E-state index is -0.183. The number of methoxy groups -OCH3 is 1. The molecule has 9 nitrogen and oxygen atoms in total. The van der Waals surface area contributed by atoms with Crippen molar-refractivity contribution >= 4 is 22.2 Å². The molecule has 0 spiro atoms. The molecule has 25 heavy (non-hydrogen) atoms. The van der Waals surface area contributed by atoms with E-state index in [0.717, 1.165) is 4.96 Å². The lowest BCUT2D eigenvalue weighted by Crippen LogP contribution is -2.46.